The van der Waals surface area contributed by atoms with Crippen molar-refractivity contribution in [2.24, 2.45) is 22.7 Å². The predicted molar refractivity (Wildman–Crippen MR) is 79.6 cm³/mol. The molecule has 0 spiro atoms. The van der Waals surface area contributed by atoms with Crippen molar-refractivity contribution < 1.29 is 9.47 Å². The summed E-state index contributed by atoms with van der Waals surface area (Å²) < 4.78 is 11.5. The number of fused-ring (bicyclic) bond motifs is 2. The quantitative estimate of drug-likeness (QED) is 0.724. The van der Waals surface area contributed by atoms with Crippen LogP contribution >= 0.6 is 0 Å². The molecule has 6 unspecified atom stereocenters. The zero-order chi connectivity index (χ0) is 14.1. The monoisotopic (exact) mass is 278 g/mol. The fraction of sp³-hybridized carbons (Fsp3) is 1.00. The zero-order valence-electron chi connectivity index (χ0n) is 13.5. The molecule has 2 nitrogen and oxygen atoms in total. The van der Waals surface area contributed by atoms with E-state index in [4.69, 9.17) is 9.47 Å². The Kier molecular flexibility index (Phi) is 2.87. The molecule has 0 aromatic rings. The van der Waals surface area contributed by atoms with E-state index in [1.165, 1.54) is 38.5 Å². The van der Waals surface area contributed by atoms with Gasteiger partial charge in [-0.3, -0.25) is 0 Å². The lowest BCUT2D eigenvalue weighted by molar-refractivity contribution is -0.0336. The van der Waals surface area contributed by atoms with E-state index in [2.05, 4.69) is 27.7 Å². The van der Waals surface area contributed by atoms with Crippen LogP contribution in [0.3, 0.4) is 0 Å². The van der Waals surface area contributed by atoms with Gasteiger partial charge in [-0.05, 0) is 61.2 Å². The Morgan fingerprint density at radius 2 is 1.00 bits per heavy atom. The maximum Gasteiger partial charge on any atom is 0.0844 e. The van der Waals surface area contributed by atoms with Crippen LogP contribution in [-0.4, -0.2) is 24.4 Å². The van der Waals surface area contributed by atoms with Gasteiger partial charge in [0.15, 0.2) is 0 Å². The molecule has 0 aromatic heterocycles. The molecule has 2 heteroatoms. The first kappa shape index (κ1) is 13.6. The van der Waals surface area contributed by atoms with Gasteiger partial charge in [-0.25, -0.2) is 0 Å². The second kappa shape index (κ2) is 4.23. The van der Waals surface area contributed by atoms with Gasteiger partial charge in [0.25, 0.3) is 0 Å². The molecule has 6 atom stereocenters. The maximum absolute atomic E-state index is 5.77. The number of ether oxygens (including phenoxy) is 2. The Morgan fingerprint density at radius 1 is 0.600 bits per heavy atom. The van der Waals surface area contributed by atoms with Gasteiger partial charge >= 0.3 is 0 Å². The average molecular weight is 278 g/mol. The van der Waals surface area contributed by atoms with Crippen molar-refractivity contribution in [2.75, 3.05) is 0 Å². The highest BCUT2D eigenvalue weighted by molar-refractivity contribution is 5.04. The molecule has 2 aliphatic heterocycles. The molecular weight excluding hydrogens is 248 g/mol. The minimum absolute atomic E-state index is 0.399. The van der Waals surface area contributed by atoms with Gasteiger partial charge in [-0.2, -0.15) is 0 Å². The fourth-order valence-electron chi connectivity index (χ4n) is 5.17. The molecule has 0 N–H and O–H groups in total. The molecule has 0 bridgehead atoms. The number of hydrogen-bond donors (Lipinski definition) is 0. The Balaban J connectivity index is 1.50. The number of hydrogen-bond acceptors (Lipinski definition) is 2. The third-order valence-corrected chi connectivity index (χ3v) is 7.71. The smallest absolute Gasteiger partial charge is 0.0844 e. The van der Waals surface area contributed by atoms with Gasteiger partial charge in [0, 0.05) is 0 Å². The number of epoxide rings is 2. The summed E-state index contributed by atoms with van der Waals surface area (Å²) in [6, 6.07) is 0. The van der Waals surface area contributed by atoms with E-state index < -0.39 is 0 Å². The van der Waals surface area contributed by atoms with E-state index in [0.29, 0.717) is 35.2 Å². The van der Waals surface area contributed by atoms with Crippen molar-refractivity contribution in [3.63, 3.8) is 0 Å². The van der Waals surface area contributed by atoms with E-state index in [0.717, 1.165) is 11.8 Å². The van der Waals surface area contributed by atoms with Gasteiger partial charge in [0.1, 0.15) is 0 Å². The normalized spacial score (nSPS) is 47.4. The lowest BCUT2D eigenvalue weighted by Crippen LogP contribution is -2.46. The van der Waals surface area contributed by atoms with E-state index in [1.807, 2.05) is 0 Å². The first-order valence-electron chi connectivity index (χ1n) is 8.70. The van der Waals surface area contributed by atoms with Crippen molar-refractivity contribution in [1.82, 2.24) is 0 Å². The minimum Gasteiger partial charge on any atom is -0.370 e. The molecule has 0 radical (unpaired) electrons. The molecule has 2 heterocycles. The summed E-state index contributed by atoms with van der Waals surface area (Å²) in [6.07, 6.45) is 10.4. The zero-order valence-corrected chi connectivity index (χ0v) is 13.5. The summed E-state index contributed by atoms with van der Waals surface area (Å²) in [4.78, 5) is 0. The molecule has 2 aliphatic carbocycles. The Labute approximate surface area is 123 Å². The van der Waals surface area contributed by atoms with Crippen LogP contribution in [0.15, 0.2) is 0 Å². The van der Waals surface area contributed by atoms with E-state index in [-0.39, 0.29) is 0 Å². The summed E-state index contributed by atoms with van der Waals surface area (Å²) in [5.74, 6) is 1.66. The van der Waals surface area contributed by atoms with Crippen LogP contribution < -0.4 is 0 Å². The molecule has 114 valence electrons. The van der Waals surface area contributed by atoms with Crippen LogP contribution in [0.25, 0.3) is 0 Å². The Hall–Kier alpha value is -0.0800. The van der Waals surface area contributed by atoms with Gasteiger partial charge in [0.2, 0.25) is 0 Å². The SMILES string of the molecule is CC(C)(C1CCC2OC2C1)C(C)(C)C1CCC2OC2C1. The summed E-state index contributed by atoms with van der Waals surface area (Å²) in [6.45, 7) is 10.1. The van der Waals surface area contributed by atoms with Crippen LogP contribution in [0.1, 0.15) is 66.2 Å². The van der Waals surface area contributed by atoms with Crippen molar-refractivity contribution in [2.45, 2.75) is 90.6 Å². The summed E-state index contributed by atoms with van der Waals surface area (Å²) >= 11 is 0. The molecule has 2 saturated carbocycles. The summed E-state index contributed by atoms with van der Waals surface area (Å²) in [7, 11) is 0. The highest BCUT2D eigenvalue weighted by Crippen LogP contribution is 2.59. The molecule has 2 saturated heterocycles. The Morgan fingerprint density at radius 3 is 1.35 bits per heavy atom. The standard InChI is InChI=1S/C18H30O2/c1-17(2,11-5-7-13-15(9-11)19-13)18(3,4)12-6-8-14-16(10-12)20-14/h11-16H,5-10H2,1-4H3. The molecule has 20 heavy (non-hydrogen) atoms. The van der Waals surface area contributed by atoms with Crippen molar-refractivity contribution in [1.29, 1.82) is 0 Å². The van der Waals surface area contributed by atoms with Gasteiger partial charge < -0.3 is 9.47 Å². The van der Waals surface area contributed by atoms with Crippen LogP contribution in [-0.2, 0) is 9.47 Å². The second-order valence-electron chi connectivity index (χ2n) is 8.89. The average Bonchev–Trinajstić information content (AvgIpc) is 3.30. The topological polar surface area (TPSA) is 25.1 Å². The van der Waals surface area contributed by atoms with E-state index in [1.54, 1.807) is 0 Å². The lowest BCUT2D eigenvalue weighted by Gasteiger charge is -2.52. The number of rotatable bonds is 3. The minimum atomic E-state index is 0.399. The third-order valence-electron chi connectivity index (χ3n) is 7.71. The summed E-state index contributed by atoms with van der Waals surface area (Å²) in [5.41, 5.74) is 0.798. The molecule has 4 aliphatic rings. The molecule has 4 fully saturated rings. The van der Waals surface area contributed by atoms with Crippen LogP contribution in [0.4, 0.5) is 0 Å². The van der Waals surface area contributed by atoms with E-state index in [9.17, 15) is 0 Å². The first-order valence-corrected chi connectivity index (χ1v) is 8.70. The lowest BCUT2D eigenvalue weighted by atomic mass is 9.52. The molecular formula is C18H30O2. The molecule has 0 aromatic carbocycles. The first-order chi connectivity index (χ1) is 9.39. The highest BCUT2D eigenvalue weighted by Gasteiger charge is 2.55. The highest BCUT2D eigenvalue weighted by atomic mass is 16.6. The van der Waals surface area contributed by atoms with Crippen molar-refractivity contribution in [3.05, 3.63) is 0 Å². The van der Waals surface area contributed by atoms with Crippen LogP contribution in [0, 0.1) is 22.7 Å². The van der Waals surface area contributed by atoms with Gasteiger partial charge in [-0.15, -0.1) is 0 Å². The van der Waals surface area contributed by atoms with Gasteiger partial charge in [0.05, 0.1) is 24.4 Å². The fourth-order valence-corrected chi connectivity index (χ4v) is 5.17. The van der Waals surface area contributed by atoms with Crippen LogP contribution in [0.2, 0.25) is 0 Å². The van der Waals surface area contributed by atoms with Crippen molar-refractivity contribution in [3.8, 4) is 0 Å². The van der Waals surface area contributed by atoms with Crippen molar-refractivity contribution >= 4 is 0 Å². The summed E-state index contributed by atoms with van der Waals surface area (Å²) in [5, 5.41) is 0. The van der Waals surface area contributed by atoms with E-state index >= 15 is 0 Å². The third kappa shape index (κ3) is 1.98. The van der Waals surface area contributed by atoms with Gasteiger partial charge in [-0.1, -0.05) is 27.7 Å². The predicted octanol–water partition coefficient (Wildman–Crippen LogP) is 4.17. The molecule has 0 amide bonds. The largest absolute Gasteiger partial charge is 0.370 e. The van der Waals surface area contributed by atoms with Crippen LogP contribution in [0.5, 0.6) is 0 Å². The second-order valence-corrected chi connectivity index (χ2v) is 8.89. The maximum atomic E-state index is 5.77. The Bertz CT molecular complexity index is 362. The molecule has 4 rings (SSSR count).